The van der Waals surface area contributed by atoms with Crippen molar-refractivity contribution in [2.45, 2.75) is 52.0 Å². The Bertz CT molecular complexity index is 420. The van der Waals surface area contributed by atoms with Gasteiger partial charge in [-0.15, -0.1) is 0 Å². The SMILES string of the molecule is CC(c1nc(C(C)(C)C)no1)N1CCCC1=O. The summed E-state index contributed by atoms with van der Waals surface area (Å²) in [4.78, 5) is 17.8. The first-order valence-electron chi connectivity index (χ1n) is 6.03. The van der Waals surface area contributed by atoms with Crippen molar-refractivity contribution in [3.63, 3.8) is 0 Å². The molecular formula is C12H19N3O2. The second kappa shape index (κ2) is 4.13. The van der Waals surface area contributed by atoms with Crippen LogP contribution in [0.4, 0.5) is 0 Å². The Morgan fingerprint density at radius 1 is 1.41 bits per heavy atom. The number of amides is 1. The van der Waals surface area contributed by atoms with Crippen LogP contribution in [0.5, 0.6) is 0 Å². The molecule has 1 atom stereocenters. The molecule has 1 aromatic heterocycles. The van der Waals surface area contributed by atoms with Crippen molar-refractivity contribution >= 4 is 5.91 Å². The number of hydrogen-bond donors (Lipinski definition) is 0. The summed E-state index contributed by atoms with van der Waals surface area (Å²) in [5, 5.41) is 3.98. The highest BCUT2D eigenvalue weighted by molar-refractivity contribution is 5.78. The number of rotatable bonds is 2. The smallest absolute Gasteiger partial charge is 0.249 e. The van der Waals surface area contributed by atoms with Crippen molar-refractivity contribution < 1.29 is 9.32 Å². The molecule has 0 N–H and O–H groups in total. The molecule has 0 saturated carbocycles. The molecule has 1 aliphatic rings. The molecule has 5 heteroatoms. The molecule has 1 unspecified atom stereocenters. The zero-order valence-corrected chi connectivity index (χ0v) is 10.9. The average Bonchev–Trinajstić information content (AvgIpc) is 2.83. The Morgan fingerprint density at radius 3 is 2.59 bits per heavy atom. The Hall–Kier alpha value is -1.39. The zero-order chi connectivity index (χ0) is 12.6. The predicted octanol–water partition coefficient (Wildman–Crippen LogP) is 2.05. The molecule has 2 heterocycles. The summed E-state index contributed by atoms with van der Waals surface area (Å²) in [6, 6.07) is -0.117. The van der Waals surface area contributed by atoms with Gasteiger partial charge in [-0.1, -0.05) is 25.9 Å². The van der Waals surface area contributed by atoms with Gasteiger partial charge < -0.3 is 9.42 Å². The molecule has 2 rings (SSSR count). The van der Waals surface area contributed by atoms with Crippen LogP contribution >= 0.6 is 0 Å². The van der Waals surface area contributed by atoms with E-state index in [1.165, 1.54) is 0 Å². The lowest BCUT2D eigenvalue weighted by Gasteiger charge is -2.20. The molecule has 0 aromatic carbocycles. The summed E-state index contributed by atoms with van der Waals surface area (Å²) < 4.78 is 5.26. The van der Waals surface area contributed by atoms with Crippen molar-refractivity contribution in [3.8, 4) is 0 Å². The molecule has 1 aliphatic heterocycles. The first kappa shape index (κ1) is 12.1. The summed E-state index contributed by atoms with van der Waals surface area (Å²) in [6.07, 6.45) is 1.55. The molecule has 0 radical (unpaired) electrons. The number of aromatic nitrogens is 2. The minimum absolute atomic E-state index is 0.117. The summed E-state index contributed by atoms with van der Waals surface area (Å²) >= 11 is 0. The van der Waals surface area contributed by atoms with Crippen LogP contribution in [0.15, 0.2) is 4.52 Å². The van der Waals surface area contributed by atoms with Crippen molar-refractivity contribution in [3.05, 3.63) is 11.7 Å². The number of likely N-dealkylation sites (tertiary alicyclic amines) is 1. The minimum Gasteiger partial charge on any atom is -0.337 e. The van der Waals surface area contributed by atoms with E-state index in [1.807, 2.05) is 27.7 Å². The van der Waals surface area contributed by atoms with Crippen LogP contribution in [0.1, 0.15) is 58.3 Å². The van der Waals surface area contributed by atoms with Crippen LogP contribution in [-0.2, 0) is 10.2 Å². The van der Waals surface area contributed by atoms with Gasteiger partial charge in [0, 0.05) is 18.4 Å². The second-order valence-electron chi connectivity index (χ2n) is 5.57. The van der Waals surface area contributed by atoms with E-state index < -0.39 is 0 Å². The molecule has 5 nitrogen and oxygen atoms in total. The fourth-order valence-corrected chi connectivity index (χ4v) is 1.92. The Morgan fingerprint density at radius 2 is 2.12 bits per heavy atom. The van der Waals surface area contributed by atoms with Gasteiger partial charge in [-0.2, -0.15) is 4.98 Å². The summed E-state index contributed by atoms with van der Waals surface area (Å²) in [5.41, 5.74) is -0.128. The highest BCUT2D eigenvalue weighted by Crippen LogP contribution is 2.26. The van der Waals surface area contributed by atoms with Crippen LogP contribution < -0.4 is 0 Å². The van der Waals surface area contributed by atoms with Gasteiger partial charge in [-0.05, 0) is 13.3 Å². The third-order valence-corrected chi connectivity index (χ3v) is 3.05. The van der Waals surface area contributed by atoms with Gasteiger partial charge in [0.25, 0.3) is 0 Å². The third kappa shape index (κ3) is 2.33. The molecule has 0 aliphatic carbocycles. The van der Waals surface area contributed by atoms with Crippen molar-refractivity contribution in [2.75, 3.05) is 6.54 Å². The lowest BCUT2D eigenvalue weighted by molar-refractivity contribution is -0.129. The molecule has 1 amide bonds. The number of carbonyl (C=O) groups is 1. The minimum atomic E-state index is -0.128. The van der Waals surface area contributed by atoms with Gasteiger partial charge in [0.05, 0.1) is 0 Å². The standard InChI is InChI=1S/C12H19N3O2/c1-8(15-7-5-6-9(15)16)10-13-11(14-17-10)12(2,3)4/h8H,5-7H2,1-4H3. The van der Waals surface area contributed by atoms with E-state index in [1.54, 1.807) is 4.90 Å². The van der Waals surface area contributed by atoms with E-state index in [4.69, 9.17) is 4.52 Å². The van der Waals surface area contributed by atoms with E-state index in [0.29, 0.717) is 18.1 Å². The molecular weight excluding hydrogens is 218 g/mol. The Kier molecular flexibility index (Phi) is 2.93. The average molecular weight is 237 g/mol. The molecule has 0 bridgehead atoms. The number of hydrogen-bond acceptors (Lipinski definition) is 4. The lowest BCUT2D eigenvalue weighted by Crippen LogP contribution is -2.28. The molecule has 0 spiro atoms. The van der Waals surface area contributed by atoms with Gasteiger partial charge in [0.2, 0.25) is 11.8 Å². The topological polar surface area (TPSA) is 59.2 Å². The molecule has 1 aromatic rings. The maximum atomic E-state index is 11.6. The van der Waals surface area contributed by atoms with E-state index in [2.05, 4.69) is 10.1 Å². The second-order valence-corrected chi connectivity index (χ2v) is 5.57. The Labute approximate surface area is 101 Å². The monoisotopic (exact) mass is 237 g/mol. The van der Waals surface area contributed by atoms with Crippen LogP contribution in [0.2, 0.25) is 0 Å². The van der Waals surface area contributed by atoms with Crippen molar-refractivity contribution in [1.82, 2.24) is 15.0 Å². The summed E-state index contributed by atoms with van der Waals surface area (Å²) in [7, 11) is 0. The summed E-state index contributed by atoms with van der Waals surface area (Å²) in [6.45, 7) is 8.82. The van der Waals surface area contributed by atoms with Gasteiger partial charge in [-0.3, -0.25) is 4.79 Å². The highest BCUT2D eigenvalue weighted by atomic mass is 16.5. The largest absolute Gasteiger partial charge is 0.337 e. The van der Waals surface area contributed by atoms with E-state index in [9.17, 15) is 4.79 Å². The van der Waals surface area contributed by atoms with E-state index in [0.717, 1.165) is 13.0 Å². The fourth-order valence-electron chi connectivity index (χ4n) is 1.92. The Balaban J connectivity index is 2.17. The van der Waals surface area contributed by atoms with Crippen LogP contribution in [0, 0.1) is 0 Å². The maximum Gasteiger partial charge on any atom is 0.249 e. The van der Waals surface area contributed by atoms with Gasteiger partial charge in [0.1, 0.15) is 6.04 Å². The third-order valence-electron chi connectivity index (χ3n) is 3.05. The first-order valence-corrected chi connectivity index (χ1v) is 6.03. The maximum absolute atomic E-state index is 11.6. The van der Waals surface area contributed by atoms with Gasteiger partial charge in [-0.25, -0.2) is 0 Å². The molecule has 94 valence electrons. The van der Waals surface area contributed by atoms with Gasteiger partial charge in [0.15, 0.2) is 5.82 Å². The van der Waals surface area contributed by atoms with Crippen LogP contribution in [0.3, 0.4) is 0 Å². The predicted molar refractivity (Wildman–Crippen MR) is 62.4 cm³/mol. The zero-order valence-electron chi connectivity index (χ0n) is 10.9. The normalized spacial score (nSPS) is 18.8. The molecule has 1 fully saturated rings. The fraction of sp³-hybridized carbons (Fsp3) is 0.750. The summed E-state index contributed by atoms with van der Waals surface area (Å²) in [5.74, 6) is 1.39. The molecule has 1 saturated heterocycles. The van der Waals surface area contributed by atoms with E-state index >= 15 is 0 Å². The number of carbonyl (C=O) groups excluding carboxylic acids is 1. The highest BCUT2D eigenvalue weighted by Gasteiger charge is 2.30. The molecule has 17 heavy (non-hydrogen) atoms. The van der Waals surface area contributed by atoms with E-state index in [-0.39, 0.29) is 17.4 Å². The van der Waals surface area contributed by atoms with Crippen LogP contribution in [0.25, 0.3) is 0 Å². The lowest BCUT2D eigenvalue weighted by atomic mass is 9.96. The van der Waals surface area contributed by atoms with Crippen molar-refractivity contribution in [1.29, 1.82) is 0 Å². The van der Waals surface area contributed by atoms with Gasteiger partial charge >= 0.3 is 0 Å². The number of nitrogens with zero attached hydrogens (tertiary/aromatic N) is 3. The van der Waals surface area contributed by atoms with Crippen LogP contribution in [-0.4, -0.2) is 27.5 Å². The van der Waals surface area contributed by atoms with Crippen molar-refractivity contribution in [2.24, 2.45) is 0 Å². The first-order chi connectivity index (χ1) is 7.89. The quantitative estimate of drug-likeness (QED) is 0.789.